The number of anilines is 1. The number of amides is 1. The standard InChI is InChI=1S/C19H22N4O3/c20-19(24)16-6-7-17(18(14-16)23(25)26)22-12-10-21(11-13-22)9-8-15-4-2-1-3-5-15/h1-7,14H,8-13H2,(H2,20,24). The molecule has 0 spiro atoms. The van der Waals surface area contributed by atoms with Gasteiger partial charge in [0.25, 0.3) is 5.69 Å². The maximum absolute atomic E-state index is 11.4. The van der Waals surface area contributed by atoms with Gasteiger partial charge in [0.1, 0.15) is 5.69 Å². The van der Waals surface area contributed by atoms with Gasteiger partial charge in [-0.3, -0.25) is 19.8 Å². The maximum Gasteiger partial charge on any atom is 0.293 e. The smallest absolute Gasteiger partial charge is 0.293 e. The second kappa shape index (κ2) is 7.97. The van der Waals surface area contributed by atoms with Crippen LogP contribution in [0.5, 0.6) is 0 Å². The minimum atomic E-state index is -0.662. The van der Waals surface area contributed by atoms with Crippen LogP contribution in [0.15, 0.2) is 48.5 Å². The lowest BCUT2D eigenvalue weighted by Crippen LogP contribution is -2.47. The third-order valence-corrected chi connectivity index (χ3v) is 4.73. The van der Waals surface area contributed by atoms with E-state index < -0.39 is 10.8 Å². The van der Waals surface area contributed by atoms with Gasteiger partial charge in [-0.1, -0.05) is 30.3 Å². The highest BCUT2D eigenvalue weighted by atomic mass is 16.6. The molecule has 1 aliphatic rings. The van der Waals surface area contributed by atoms with Crippen molar-refractivity contribution >= 4 is 17.3 Å². The van der Waals surface area contributed by atoms with Crippen molar-refractivity contribution in [3.63, 3.8) is 0 Å². The molecule has 0 unspecified atom stereocenters. The van der Waals surface area contributed by atoms with Gasteiger partial charge in [-0.25, -0.2) is 0 Å². The largest absolute Gasteiger partial charge is 0.366 e. The first-order valence-electron chi connectivity index (χ1n) is 8.64. The van der Waals surface area contributed by atoms with Crippen LogP contribution in [0.4, 0.5) is 11.4 Å². The average Bonchev–Trinajstić information content (AvgIpc) is 2.67. The van der Waals surface area contributed by atoms with Gasteiger partial charge in [-0.05, 0) is 24.1 Å². The Labute approximate surface area is 152 Å². The molecule has 1 heterocycles. The van der Waals surface area contributed by atoms with Crippen LogP contribution in [-0.2, 0) is 6.42 Å². The fraction of sp³-hybridized carbons (Fsp3) is 0.316. The van der Waals surface area contributed by atoms with Crippen LogP contribution in [0, 0.1) is 10.1 Å². The fourth-order valence-corrected chi connectivity index (χ4v) is 3.23. The summed E-state index contributed by atoms with van der Waals surface area (Å²) in [5.41, 5.74) is 7.17. The summed E-state index contributed by atoms with van der Waals surface area (Å²) in [6, 6.07) is 14.8. The van der Waals surface area contributed by atoms with Crippen molar-refractivity contribution in [1.82, 2.24) is 4.90 Å². The van der Waals surface area contributed by atoms with Crippen molar-refractivity contribution in [1.29, 1.82) is 0 Å². The SMILES string of the molecule is NC(=O)c1ccc(N2CCN(CCc3ccccc3)CC2)c([N+](=O)[O-])c1. The lowest BCUT2D eigenvalue weighted by atomic mass is 10.1. The Morgan fingerprint density at radius 2 is 1.77 bits per heavy atom. The third kappa shape index (κ3) is 4.18. The Balaban J connectivity index is 1.62. The van der Waals surface area contributed by atoms with E-state index in [1.807, 2.05) is 23.1 Å². The topological polar surface area (TPSA) is 92.7 Å². The second-order valence-electron chi connectivity index (χ2n) is 6.39. The molecule has 3 rings (SSSR count). The first-order valence-corrected chi connectivity index (χ1v) is 8.64. The quantitative estimate of drug-likeness (QED) is 0.633. The van der Waals surface area contributed by atoms with E-state index in [4.69, 9.17) is 5.73 Å². The number of hydrogen-bond acceptors (Lipinski definition) is 5. The van der Waals surface area contributed by atoms with Gasteiger partial charge in [0.2, 0.25) is 5.91 Å². The lowest BCUT2D eigenvalue weighted by Gasteiger charge is -2.35. The van der Waals surface area contributed by atoms with Crippen LogP contribution in [0.1, 0.15) is 15.9 Å². The summed E-state index contributed by atoms with van der Waals surface area (Å²) in [6.45, 7) is 4.10. The summed E-state index contributed by atoms with van der Waals surface area (Å²) < 4.78 is 0. The molecule has 0 bridgehead atoms. The number of primary amides is 1. The number of carbonyl (C=O) groups excluding carboxylic acids is 1. The summed E-state index contributed by atoms with van der Waals surface area (Å²) in [7, 11) is 0. The first kappa shape index (κ1) is 17.9. The number of hydrogen-bond donors (Lipinski definition) is 1. The number of benzene rings is 2. The van der Waals surface area contributed by atoms with E-state index in [1.165, 1.54) is 11.6 Å². The molecule has 0 atom stereocenters. The predicted octanol–water partition coefficient (Wildman–Crippen LogP) is 2.06. The molecule has 1 saturated heterocycles. The third-order valence-electron chi connectivity index (χ3n) is 4.73. The Bertz CT molecular complexity index is 787. The van der Waals surface area contributed by atoms with Gasteiger partial charge in [-0.15, -0.1) is 0 Å². The Kier molecular flexibility index (Phi) is 5.48. The number of rotatable bonds is 6. The minimum absolute atomic E-state index is 0.0703. The van der Waals surface area contributed by atoms with Crippen LogP contribution >= 0.6 is 0 Å². The number of nitro benzene ring substituents is 1. The maximum atomic E-state index is 11.4. The monoisotopic (exact) mass is 354 g/mol. The zero-order chi connectivity index (χ0) is 18.5. The fourth-order valence-electron chi connectivity index (χ4n) is 3.23. The molecule has 2 aromatic rings. The highest BCUT2D eigenvalue weighted by Crippen LogP contribution is 2.30. The summed E-state index contributed by atoms with van der Waals surface area (Å²) >= 11 is 0. The van der Waals surface area contributed by atoms with E-state index in [-0.39, 0.29) is 11.3 Å². The van der Waals surface area contributed by atoms with Gasteiger partial charge in [-0.2, -0.15) is 0 Å². The van der Waals surface area contributed by atoms with Crippen molar-refractivity contribution in [2.24, 2.45) is 5.73 Å². The first-order chi connectivity index (χ1) is 12.5. The summed E-state index contributed by atoms with van der Waals surface area (Å²) in [5, 5.41) is 11.4. The highest BCUT2D eigenvalue weighted by Gasteiger charge is 2.24. The predicted molar refractivity (Wildman–Crippen MR) is 100 cm³/mol. The van der Waals surface area contributed by atoms with Gasteiger partial charge < -0.3 is 10.6 Å². The van der Waals surface area contributed by atoms with Crippen LogP contribution in [0.25, 0.3) is 0 Å². The molecule has 1 fully saturated rings. The number of nitrogens with two attached hydrogens (primary N) is 1. The molecule has 0 aromatic heterocycles. The summed E-state index contributed by atoms with van der Waals surface area (Å²) in [6.07, 6.45) is 0.994. The van der Waals surface area contributed by atoms with E-state index >= 15 is 0 Å². The summed E-state index contributed by atoms with van der Waals surface area (Å²) in [5.74, 6) is -0.662. The van der Waals surface area contributed by atoms with E-state index in [2.05, 4.69) is 17.0 Å². The average molecular weight is 354 g/mol. The summed E-state index contributed by atoms with van der Waals surface area (Å²) in [4.78, 5) is 26.6. The molecule has 136 valence electrons. The van der Waals surface area contributed by atoms with Crippen molar-refractivity contribution in [2.45, 2.75) is 6.42 Å². The molecule has 0 radical (unpaired) electrons. The molecular formula is C19H22N4O3. The van der Waals surface area contributed by atoms with Crippen LogP contribution in [0.2, 0.25) is 0 Å². The number of nitrogens with zero attached hydrogens (tertiary/aromatic N) is 3. The van der Waals surface area contributed by atoms with E-state index in [0.29, 0.717) is 18.8 Å². The second-order valence-corrected chi connectivity index (χ2v) is 6.39. The van der Waals surface area contributed by atoms with Crippen molar-refractivity contribution in [2.75, 3.05) is 37.6 Å². The molecule has 0 aliphatic carbocycles. The molecule has 7 heteroatoms. The number of nitro groups is 1. The minimum Gasteiger partial charge on any atom is -0.366 e. The Hall–Kier alpha value is -2.93. The van der Waals surface area contributed by atoms with Crippen LogP contribution in [0.3, 0.4) is 0 Å². The molecule has 1 aliphatic heterocycles. The molecule has 7 nitrogen and oxygen atoms in total. The van der Waals surface area contributed by atoms with Crippen molar-refractivity contribution < 1.29 is 9.72 Å². The zero-order valence-corrected chi connectivity index (χ0v) is 14.5. The van der Waals surface area contributed by atoms with Crippen molar-refractivity contribution in [3.05, 3.63) is 69.8 Å². The molecule has 2 N–H and O–H groups in total. The van der Waals surface area contributed by atoms with Gasteiger partial charge >= 0.3 is 0 Å². The van der Waals surface area contributed by atoms with Crippen molar-refractivity contribution in [3.8, 4) is 0 Å². The van der Waals surface area contributed by atoms with E-state index in [1.54, 1.807) is 12.1 Å². The lowest BCUT2D eigenvalue weighted by molar-refractivity contribution is -0.384. The normalized spacial score (nSPS) is 15.0. The molecule has 1 amide bonds. The van der Waals surface area contributed by atoms with Gasteiger partial charge in [0, 0.05) is 44.4 Å². The highest BCUT2D eigenvalue weighted by molar-refractivity contribution is 5.94. The van der Waals surface area contributed by atoms with Crippen LogP contribution in [-0.4, -0.2) is 48.5 Å². The van der Waals surface area contributed by atoms with E-state index in [9.17, 15) is 14.9 Å². The van der Waals surface area contributed by atoms with Crippen LogP contribution < -0.4 is 10.6 Å². The Morgan fingerprint density at radius 1 is 1.08 bits per heavy atom. The van der Waals surface area contributed by atoms with Gasteiger partial charge in [0.15, 0.2) is 0 Å². The molecular weight excluding hydrogens is 332 g/mol. The molecule has 2 aromatic carbocycles. The van der Waals surface area contributed by atoms with E-state index in [0.717, 1.165) is 26.1 Å². The van der Waals surface area contributed by atoms with Gasteiger partial charge in [0.05, 0.1) is 4.92 Å². The molecule has 26 heavy (non-hydrogen) atoms. The number of carbonyl (C=O) groups is 1. The zero-order valence-electron chi connectivity index (χ0n) is 14.5. The molecule has 0 saturated carbocycles. The Morgan fingerprint density at radius 3 is 2.38 bits per heavy atom. The number of piperazine rings is 1.